The smallest absolute Gasteiger partial charge is 0.268 e. The van der Waals surface area contributed by atoms with E-state index in [1.165, 1.54) is 37.9 Å². The number of aromatic nitrogens is 2. The molecule has 1 amide bonds. The van der Waals surface area contributed by atoms with Crippen molar-refractivity contribution in [2.24, 2.45) is 5.73 Å². The lowest BCUT2D eigenvalue weighted by Crippen LogP contribution is -2.44. The Morgan fingerprint density at radius 2 is 2.08 bits per heavy atom. The van der Waals surface area contributed by atoms with E-state index in [4.69, 9.17) is 10.5 Å². The SMILES string of the molecule is COc1cccc(F)c1-c1ncc(-c2cc(F)c(CNC3CCC3)cc2N2C[C@@H]3C[C@H]2CN3)c(C(N)=O)n1. The van der Waals surface area contributed by atoms with Crippen LogP contribution in [0, 0.1) is 11.6 Å². The number of ether oxygens (including phenoxy) is 1. The number of amides is 1. The van der Waals surface area contributed by atoms with Gasteiger partial charge in [0.05, 0.1) is 12.7 Å². The van der Waals surface area contributed by atoms with Crippen molar-refractivity contribution in [2.45, 2.75) is 50.4 Å². The second-order valence-corrected chi connectivity index (χ2v) is 10.3. The zero-order valence-electron chi connectivity index (χ0n) is 21.1. The fraction of sp³-hybridized carbons (Fsp3) is 0.393. The number of piperazine rings is 1. The van der Waals surface area contributed by atoms with Crippen LogP contribution < -0.4 is 26.0 Å². The minimum Gasteiger partial charge on any atom is -0.496 e. The first kappa shape index (κ1) is 24.7. The van der Waals surface area contributed by atoms with E-state index < -0.39 is 11.7 Å². The molecule has 4 N–H and O–H groups in total. The summed E-state index contributed by atoms with van der Waals surface area (Å²) in [5.74, 6) is -1.60. The highest BCUT2D eigenvalue weighted by atomic mass is 19.1. The highest BCUT2D eigenvalue weighted by Crippen LogP contribution is 2.40. The first-order valence-corrected chi connectivity index (χ1v) is 13.0. The quantitative estimate of drug-likeness (QED) is 0.418. The van der Waals surface area contributed by atoms with Crippen LogP contribution in [0.15, 0.2) is 36.5 Å². The van der Waals surface area contributed by atoms with Gasteiger partial charge in [-0.05, 0) is 43.5 Å². The number of nitrogens with one attached hydrogen (secondary N) is 2. The minimum absolute atomic E-state index is 0.0239. The molecule has 3 fully saturated rings. The second-order valence-electron chi connectivity index (χ2n) is 10.3. The Balaban J connectivity index is 1.46. The molecule has 0 unspecified atom stereocenters. The molecule has 1 saturated carbocycles. The summed E-state index contributed by atoms with van der Waals surface area (Å²) in [6, 6.07) is 8.71. The number of hydrogen-bond acceptors (Lipinski definition) is 7. The van der Waals surface area contributed by atoms with E-state index in [-0.39, 0.29) is 34.7 Å². The molecule has 2 atom stereocenters. The Hall–Kier alpha value is -3.63. The van der Waals surface area contributed by atoms with Gasteiger partial charge in [0.25, 0.3) is 5.91 Å². The third kappa shape index (κ3) is 4.37. The summed E-state index contributed by atoms with van der Waals surface area (Å²) in [5.41, 5.74) is 7.85. The molecule has 3 heterocycles. The molecule has 2 bridgehead atoms. The molecule has 0 spiro atoms. The Morgan fingerprint density at radius 3 is 2.74 bits per heavy atom. The van der Waals surface area contributed by atoms with E-state index in [1.807, 2.05) is 6.07 Å². The first-order valence-electron chi connectivity index (χ1n) is 13.0. The van der Waals surface area contributed by atoms with Crippen LogP contribution >= 0.6 is 0 Å². The summed E-state index contributed by atoms with van der Waals surface area (Å²) in [6.07, 6.45) is 5.82. The van der Waals surface area contributed by atoms with Crippen LogP contribution in [0.5, 0.6) is 5.75 Å². The molecule has 2 saturated heterocycles. The number of nitrogens with two attached hydrogens (primary N) is 1. The number of anilines is 1. The predicted octanol–water partition coefficient (Wildman–Crippen LogP) is 3.39. The average Bonchev–Trinajstić information content (AvgIpc) is 3.52. The Morgan fingerprint density at radius 1 is 1.24 bits per heavy atom. The van der Waals surface area contributed by atoms with E-state index in [9.17, 15) is 9.18 Å². The van der Waals surface area contributed by atoms with Gasteiger partial charge in [-0.1, -0.05) is 12.5 Å². The van der Waals surface area contributed by atoms with E-state index in [1.54, 1.807) is 6.07 Å². The predicted molar refractivity (Wildman–Crippen MR) is 140 cm³/mol. The fourth-order valence-electron chi connectivity index (χ4n) is 5.70. The van der Waals surface area contributed by atoms with Gasteiger partial charge in [0.1, 0.15) is 23.1 Å². The molecule has 2 aliphatic heterocycles. The van der Waals surface area contributed by atoms with Crippen LogP contribution in [0.3, 0.4) is 0 Å². The maximum absolute atomic E-state index is 15.5. The van der Waals surface area contributed by atoms with Crippen molar-refractivity contribution in [2.75, 3.05) is 25.1 Å². The lowest BCUT2D eigenvalue weighted by Gasteiger charge is -2.32. The molecule has 0 radical (unpaired) electrons. The normalized spacial score (nSPS) is 20.6. The van der Waals surface area contributed by atoms with Crippen LogP contribution in [0.4, 0.5) is 14.5 Å². The van der Waals surface area contributed by atoms with Crippen LogP contribution in [0.25, 0.3) is 22.5 Å². The summed E-state index contributed by atoms with van der Waals surface area (Å²) in [6.45, 7) is 2.04. The molecule has 10 heteroatoms. The maximum atomic E-state index is 15.5. The minimum atomic E-state index is -0.814. The van der Waals surface area contributed by atoms with Gasteiger partial charge in [0.15, 0.2) is 5.82 Å². The molecular formula is C28H30F2N6O2. The maximum Gasteiger partial charge on any atom is 0.268 e. The lowest BCUT2D eigenvalue weighted by molar-refractivity contribution is 0.0996. The zero-order valence-corrected chi connectivity index (χ0v) is 21.1. The average molecular weight is 521 g/mol. The van der Waals surface area contributed by atoms with Gasteiger partial charge in [-0.25, -0.2) is 18.7 Å². The molecule has 198 valence electrons. The third-order valence-corrected chi connectivity index (χ3v) is 7.95. The number of halogens is 2. The Bertz CT molecular complexity index is 1400. The number of carbonyl (C=O) groups is 1. The second kappa shape index (κ2) is 9.92. The van der Waals surface area contributed by atoms with Gasteiger partial charge in [-0.2, -0.15) is 0 Å². The van der Waals surface area contributed by atoms with Crippen LogP contribution in [0.1, 0.15) is 41.7 Å². The van der Waals surface area contributed by atoms with Gasteiger partial charge in [-0.3, -0.25) is 4.79 Å². The Kier molecular flexibility index (Phi) is 6.45. The summed E-state index contributed by atoms with van der Waals surface area (Å²) >= 11 is 0. The number of nitrogens with zero attached hydrogens (tertiary/aromatic N) is 3. The molecular weight excluding hydrogens is 490 g/mol. The molecule has 1 aliphatic carbocycles. The summed E-state index contributed by atoms with van der Waals surface area (Å²) < 4.78 is 35.5. The standard InChI is InChI=1S/C28H30F2N6O2/c1-38-24-7-3-6-21(29)25(24)28-34-13-20(26(35-28)27(31)37)19-10-22(30)15(11-32-16-4-2-5-16)8-23(19)36-14-17-9-18(36)12-33-17/h3,6-8,10,13,16-18,32-33H,2,4-5,9,11-12,14H2,1H3,(H2,31,37)/t17-,18-/m0/s1. The van der Waals surface area contributed by atoms with E-state index in [0.29, 0.717) is 35.3 Å². The van der Waals surface area contributed by atoms with Crippen molar-refractivity contribution >= 4 is 11.6 Å². The molecule has 2 aromatic carbocycles. The van der Waals surface area contributed by atoms with Crippen molar-refractivity contribution in [3.05, 3.63) is 59.4 Å². The van der Waals surface area contributed by atoms with E-state index >= 15 is 4.39 Å². The molecule has 6 rings (SSSR count). The highest BCUT2D eigenvalue weighted by Gasteiger charge is 2.39. The van der Waals surface area contributed by atoms with Gasteiger partial charge in [0.2, 0.25) is 0 Å². The van der Waals surface area contributed by atoms with Crippen molar-refractivity contribution < 1.29 is 18.3 Å². The van der Waals surface area contributed by atoms with Crippen LogP contribution in [-0.2, 0) is 6.54 Å². The fourth-order valence-corrected chi connectivity index (χ4v) is 5.70. The number of benzene rings is 2. The van der Waals surface area contributed by atoms with Crippen LogP contribution in [0.2, 0.25) is 0 Å². The number of methoxy groups -OCH3 is 1. The number of carbonyl (C=O) groups excluding carboxylic acids is 1. The number of rotatable bonds is 8. The van der Waals surface area contributed by atoms with Gasteiger partial charge >= 0.3 is 0 Å². The molecule has 38 heavy (non-hydrogen) atoms. The number of primary amides is 1. The van der Waals surface area contributed by atoms with Gasteiger partial charge in [-0.15, -0.1) is 0 Å². The lowest BCUT2D eigenvalue weighted by atomic mass is 9.92. The molecule has 8 nitrogen and oxygen atoms in total. The van der Waals surface area contributed by atoms with E-state index in [2.05, 4.69) is 25.5 Å². The summed E-state index contributed by atoms with van der Waals surface area (Å²) in [4.78, 5) is 23.6. The molecule has 3 aliphatic rings. The van der Waals surface area contributed by atoms with Crippen molar-refractivity contribution in [3.63, 3.8) is 0 Å². The van der Waals surface area contributed by atoms with Crippen LogP contribution in [-0.4, -0.2) is 54.2 Å². The van der Waals surface area contributed by atoms with E-state index in [0.717, 1.165) is 38.0 Å². The highest BCUT2D eigenvalue weighted by molar-refractivity contribution is 6.00. The first-order chi connectivity index (χ1) is 18.4. The summed E-state index contributed by atoms with van der Waals surface area (Å²) in [5, 5.41) is 6.93. The Labute approximate surface area is 219 Å². The van der Waals surface area contributed by atoms with Gasteiger partial charge in [0, 0.05) is 66.3 Å². The molecule has 3 aromatic rings. The number of hydrogen-bond donors (Lipinski definition) is 3. The van der Waals surface area contributed by atoms with Crippen molar-refractivity contribution in [1.82, 2.24) is 20.6 Å². The van der Waals surface area contributed by atoms with Gasteiger partial charge < -0.3 is 26.0 Å². The summed E-state index contributed by atoms with van der Waals surface area (Å²) in [7, 11) is 1.41. The largest absolute Gasteiger partial charge is 0.496 e. The third-order valence-electron chi connectivity index (χ3n) is 7.95. The van der Waals surface area contributed by atoms with Crippen molar-refractivity contribution in [1.29, 1.82) is 0 Å². The zero-order chi connectivity index (χ0) is 26.4. The monoisotopic (exact) mass is 520 g/mol. The topological polar surface area (TPSA) is 105 Å². The molecule has 1 aromatic heterocycles. The van der Waals surface area contributed by atoms with Crippen molar-refractivity contribution in [3.8, 4) is 28.3 Å². The number of fused-ring (bicyclic) bond motifs is 2.